The predicted octanol–water partition coefficient (Wildman–Crippen LogP) is 2.68. The summed E-state index contributed by atoms with van der Waals surface area (Å²) in [6.45, 7) is 5.09. The molecule has 4 heterocycles. The minimum atomic E-state index is -0.242. The summed E-state index contributed by atoms with van der Waals surface area (Å²) >= 11 is 1.49. The second kappa shape index (κ2) is 5.53. The van der Waals surface area contributed by atoms with Gasteiger partial charge >= 0.3 is 0 Å². The fraction of sp³-hybridized carbons (Fsp3) is 0.471. The van der Waals surface area contributed by atoms with Crippen LogP contribution in [0.2, 0.25) is 0 Å². The van der Waals surface area contributed by atoms with Crippen molar-refractivity contribution >= 4 is 21.6 Å². The van der Waals surface area contributed by atoms with E-state index in [1.54, 1.807) is 10.8 Å². The monoisotopic (exact) mass is 343 g/mol. The molecule has 0 saturated carbocycles. The average Bonchev–Trinajstić information content (AvgIpc) is 3.17. The second-order valence-corrected chi connectivity index (χ2v) is 7.80. The van der Waals surface area contributed by atoms with E-state index in [4.69, 9.17) is 4.98 Å². The number of hydrogen-bond acceptors (Lipinski definition) is 5. The molecule has 1 aliphatic heterocycles. The van der Waals surface area contributed by atoms with E-state index in [-0.39, 0.29) is 11.1 Å². The quantitative estimate of drug-likeness (QED) is 0.750. The van der Waals surface area contributed by atoms with Gasteiger partial charge in [0.05, 0.1) is 17.3 Å². The molecule has 3 aromatic heterocycles. The van der Waals surface area contributed by atoms with Crippen molar-refractivity contribution in [2.24, 2.45) is 7.05 Å². The normalized spacial score (nSPS) is 21.5. The molecule has 1 aliphatic rings. The zero-order valence-corrected chi connectivity index (χ0v) is 15.0. The van der Waals surface area contributed by atoms with Gasteiger partial charge in [0.15, 0.2) is 0 Å². The summed E-state index contributed by atoms with van der Waals surface area (Å²) in [4.78, 5) is 18.8. The van der Waals surface area contributed by atoms with E-state index in [0.29, 0.717) is 4.70 Å². The van der Waals surface area contributed by atoms with Gasteiger partial charge in [0, 0.05) is 23.2 Å². The summed E-state index contributed by atoms with van der Waals surface area (Å²) in [5.41, 5.74) is 2.60. The fourth-order valence-electron chi connectivity index (χ4n) is 3.53. The van der Waals surface area contributed by atoms with Crippen molar-refractivity contribution < 1.29 is 0 Å². The Morgan fingerprint density at radius 3 is 2.88 bits per heavy atom. The number of nitrogens with zero attached hydrogens (tertiary/aromatic N) is 3. The van der Waals surface area contributed by atoms with Gasteiger partial charge in [0.25, 0.3) is 5.56 Å². The Morgan fingerprint density at radius 1 is 1.38 bits per heavy atom. The SMILES string of the molecule is Cc1[nH]ncc1-c1cc2nc([C@@]3(C)CCCCN3)n(C)c(=O)c2s1. The number of hydrogen-bond donors (Lipinski definition) is 2. The van der Waals surface area contributed by atoms with Crippen LogP contribution in [0.25, 0.3) is 20.7 Å². The molecule has 0 amide bonds. The number of rotatable bonds is 2. The molecule has 126 valence electrons. The third kappa shape index (κ3) is 2.31. The maximum atomic E-state index is 12.9. The fourth-order valence-corrected chi connectivity index (χ4v) is 4.67. The van der Waals surface area contributed by atoms with Gasteiger partial charge < -0.3 is 5.32 Å². The molecule has 0 bridgehead atoms. The Balaban J connectivity index is 1.90. The van der Waals surface area contributed by atoms with Crippen LogP contribution in [0.5, 0.6) is 0 Å². The summed E-state index contributed by atoms with van der Waals surface area (Å²) < 4.78 is 2.42. The molecule has 1 saturated heterocycles. The largest absolute Gasteiger partial charge is 0.305 e. The molecule has 0 aromatic carbocycles. The van der Waals surface area contributed by atoms with Crippen molar-refractivity contribution in [3.8, 4) is 10.4 Å². The molecule has 2 N–H and O–H groups in total. The minimum Gasteiger partial charge on any atom is -0.305 e. The van der Waals surface area contributed by atoms with E-state index in [2.05, 4.69) is 22.4 Å². The number of H-pyrrole nitrogens is 1. The van der Waals surface area contributed by atoms with Gasteiger partial charge in [0.2, 0.25) is 0 Å². The van der Waals surface area contributed by atoms with Crippen LogP contribution in [0.15, 0.2) is 17.1 Å². The van der Waals surface area contributed by atoms with Crippen LogP contribution in [0.3, 0.4) is 0 Å². The average molecular weight is 343 g/mol. The highest BCUT2D eigenvalue weighted by Gasteiger charge is 2.33. The summed E-state index contributed by atoms with van der Waals surface area (Å²) in [5, 5.41) is 10.6. The molecule has 3 aromatic rings. The molecule has 1 atom stereocenters. The molecule has 0 radical (unpaired) electrons. The van der Waals surface area contributed by atoms with Crippen LogP contribution in [0.1, 0.15) is 37.7 Å². The van der Waals surface area contributed by atoms with E-state index in [1.807, 2.05) is 20.0 Å². The molecule has 0 aliphatic carbocycles. The van der Waals surface area contributed by atoms with Crippen LogP contribution in [-0.2, 0) is 12.6 Å². The molecular formula is C17H21N5OS. The van der Waals surface area contributed by atoms with Crippen molar-refractivity contribution in [1.29, 1.82) is 0 Å². The highest BCUT2D eigenvalue weighted by molar-refractivity contribution is 7.22. The van der Waals surface area contributed by atoms with Crippen molar-refractivity contribution in [2.75, 3.05) is 6.54 Å². The van der Waals surface area contributed by atoms with Gasteiger partial charge in [0.1, 0.15) is 10.5 Å². The van der Waals surface area contributed by atoms with Crippen LogP contribution in [0.4, 0.5) is 0 Å². The van der Waals surface area contributed by atoms with E-state index < -0.39 is 0 Å². The molecule has 4 rings (SSSR count). The Hall–Kier alpha value is -1.99. The van der Waals surface area contributed by atoms with Crippen LogP contribution in [0, 0.1) is 6.92 Å². The van der Waals surface area contributed by atoms with Gasteiger partial charge in [-0.2, -0.15) is 5.10 Å². The lowest BCUT2D eigenvalue weighted by Crippen LogP contribution is -2.47. The number of aryl methyl sites for hydroxylation is 1. The highest BCUT2D eigenvalue weighted by Crippen LogP contribution is 2.34. The Morgan fingerprint density at radius 2 is 2.21 bits per heavy atom. The smallest absolute Gasteiger partial charge is 0.271 e. The van der Waals surface area contributed by atoms with E-state index in [9.17, 15) is 4.79 Å². The van der Waals surface area contributed by atoms with E-state index in [1.165, 1.54) is 17.8 Å². The van der Waals surface area contributed by atoms with Gasteiger partial charge in [-0.15, -0.1) is 11.3 Å². The third-order valence-corrected chi connectivity index (χ3v) is 6.11. The first-order chi connectivity index (χ1) is 11.5. The molecule has 1 fully saturated rings. The lowest BCUT2D eigenvalue weighted by atomic mass is 9.90. The zero-order chi connectivity index (χ0) is 16.9. The number of aromatic nitrogens is 4. The molecular weight excluding hydrogens is 322 g/mol. The third-order valence-electron chi connectivity index (χ3n) is 4.96. The Bertz CT molecular complexity index is 961. The molecule has 6 nitrogen and oxygen atoms in total. The number of piperidine rings is 1. The first kappa shape index (κ1) is 15.5. The topological polar surface area (TPSA) is 75.6 Å². The number of nitrogens with one attached hydrogen (secondary N) is 2. The van der Waals surface area contributed by atoms with Gasteiger partial charge in [-0.25, -0.2) is 4.98 Å². The lowest BCUT2D eigenvalue weighted by molar-refractivity contribution is 0.260. The van der Waals surface area contributed by atoms with Crippen LogP contribution in [-0.4, -0.2) is 26.3 Å². The number of aromatic amines is 1. The Kier molecular flexibility index (Phi) is 3.58. The van der Waals surface area contributed by atoms with Gasteiger partial charge in [-0.3, -0.25) is 14.5 Å². The minimum absolute atomic E-state index is 0.0287. The van der Waals surface area contributed by atoms with Gasteiger partial charge in [-0.1, -0.05) is 0 Å². The molecule has 0 unspecified atom stereocenters. The lowest BCUT2D eigenvalue weighted by Gasteiger charge is -2.35. The van der Waals surface area contributed by atoms with Crippen LogP contribution >= 0.6 is 11.3 Å². The summed E-state index contributed by atoms with van der Waals surface area (Å²) in [6.07, 6.45) is 5.13. The maximum absolute atomic E-state index is 12.9. The van der Waals surface area contributed by atoms with Crippen molar-refractivity contribution in [3.63, 3.8) is 0 Å². The van der Waals surface area contributed by atoms with Crippen molar-refractivity contribution in [2.45, 2.75) is 38.6 Å². The first-order valence-electron chi connectivity index (χ1n) is 8.26. The number of thiophene rings is 1. The maximum Gasteiger partial charge on any atom is 0.271 e. The summed E-state index contributed by atoms with van der Waals surface area (Å²) in [5.74, 6) is 0.827. The van der Waals surface area contributed by atoms with Crippen LogP contribution < -0.4 is 10.9 Å². The first-order valence-corrected chi connectivity index (χ1v) is 9.08. The zero-order valence-electron chi connectivity index (χ0n) is 14.1. The highest BCUT2D eigenvalue weighted by atomic mass is 32.1. The molecule has 24 heavy (non-hydrogen) atoms. The summed E-state index contributed by atoms with van der Waals surface area (Å²) in [6, 6.07) is 2.01. The van der Waals surface area contributed by atoms with E-state index in [0.717, 1.165) is 46.9 Å². The molecule has 0 spiro atoms. The predicted molar refractivity (Wildman–Crippen MR) is 96.4 cm³/mol. The molecule has 7 heteroatoms. The number of fused-ring (bicyclic) bond motifs is 1. The Labute approximate surface area is 143 Å². The van der Waals surface area contributed by atoms with Gasteiger partial charge in [-0.05, 0) is 45.7 Å². The van der Waals surface area contributed by atoms with Crippen molar-refractivity contribution in [1.82, 2.24) is 25.1 Å². The van der Waals surface area contributed by atoms with E-state index >= 15 is 0 Å². The van der Waals surface area contributed by atoms with Crippen molar-refractivity contribution in [3.05, 3.63) is 34.1 Å². The summed E-state index contributed by atoms with van der Waals surface area (Å²) in [7, 11) is 1.83. The second-order valence-electron chi connectivity index (χ2n) is 6.75. The standard InChI is InChI=1S/C17H21N5OS/c1-10-11(9-19-21-10)13-8-12-14(24-13)15(23)22(3)16(20-12)17(2)6-4-5-7-18-17/h8-9,18H,4-7H2,1-3H3,(H,19,21)/t17-/m1/s1.